The fourth-order valence-electron chi connectivity index (χ4n) is 6.63. The smallest absolute Gasteiger partial charge is 0.291 e. The summed E-state index contributed by atoms with van der Waals surface area (Å²) in [6, 6.07) is 17.6. The van der Waals surface area contributed by atoms with Crippen LogP contribution in [0.4, 0.5) is 0 Å². The van der Waals surface area contributed by atoms with Crippen molar-refractivity contribution in [1.82, 2.24) is 36.2 Å². The molecule has 10 heteroatoms. The number of nitrogens with one attached hydrogen (secondary N) is 3. The number of aliphatic imine (C=N–C) groups is 1. The normalized spacial score (nSPS) is 21.1. The predicted molar refractivity (Wildman–Crippen MR) is 175 cm³/mol. The van der Waals surface area contributed by atoms with Crippen molar-refractivity contribution < 1.29 is 9.59 Å². The van der Waals surface area contributed by atoms with Crippen LogP contribution in [0.1, 0.15) is 113 Å². The standard InChI is InChI=1S/C35H48N8O2/c1-33(2,3)19-18-28(25-12-14-26(15-13-25)31(44)37-23-29-39-41-42-40-29)43-32(45)30(36-22-24-10-8-7-9-11-24)38-35(43)20-16-27(17-21-35)34(4,5)6/h7-15,27-28H,16-23H2,1-6H3,(H,36,38)(H,37,44)(H,39,40,41,42). The van der Waals surface area contributed by atoms with Gasteiger partial charge in [-0.15, -0.1) is 10.2 Å². The summed E-state index contributed by atoms with van der Waals surface area (Å²) in [6.07, 6.45) is 5.44. The van der Waals surface area contributed by atoms with Crippen LogP contribution < -0.4 is 10.6 Å². The lowest BCUT2D eigenvalue weighted by Gasteiger charge is -2.47. The van der Waals surface area contributed by atoms with Crippen molar-refractivity contribution in [2.45, 2.75) is 105 Å². The quantitative estimate of drug-likeness (QED) is 0.274. The summed E-state index contributed by atoms with van der Waals surface area (Å²) in [4.78, 5) is 34.7. The molecular weight excluding hydrogens is 564 g/mol. The molecule has 45 heavy (non-hydrogen) atoms. The Kier molecular flexibility index (Phi) is 9.41. The van der Waals surface area contributed by atoms with Crippen LogP contribution in [0.3, 0.4) is 0 Å². The third-order valence-corrected chi connectivity index (χ3v) is 9.34. The van der Waals surface area contributed by atoms with E-state index in [1.807, 2.05) is 42.5 Å². The molecule has 0 bridgehead atoms. The molecule has 1 aliphatic heterocycles. The minimum Gasteiger partial charge on any atom is -0.362 e. The molecule has 0 radical (unpaired) electrons. The number of carbonyl (C=O) groups excluding carboxylic acids is 2. The van der Waals surface area contributed by atoms with E-state index < -0.39 is 5.66 Å². The molecule has 0 saturated heterocycles. The Hall–Kier alpha value is -4.08. The molecule has 2 heterocycles. The highest BCUT2D eigenvalue weighted by atomic mass is 16.2. The lowest BCUT2D eigenvalue weighted by atomic mass is 9.69. The number of aromatic amines is 1. The third-order valence-electron chi connectivity index (χ3n) is 9.34. The number of amidine groups is 1. The molecule has 2 amide bonds. The molecule has 5 rings (SSSR count). The van der Waals surface area contributed by atoms with Crippen molar-refractivity contribution in [3.8, 4) is 0 Å². The second-order valence-electron chi connectivity index (χ2n) is 14.8. The Morgan fingerprint density at radius 3 is 2.29 bits per heavy atom. The topological polar surface area (TPSA) is 128 Å². The molecule has 1 atom stereocenters. The van der Waals surface area contributed by atoms with Crippen LogP contribution >= 0.6 is 0 Å². The Bertz CT molecular complexity index is 1460. The zero-order valence-electron chi connectivity index (χ0n) is 27.6. The Labute approximate surface area is 266 Å². The van der Waals surface area contributed by atoms with E-state index in [9.17, 15) is 9.59 Å². The molecule has 1 aliphatic carbocycles. The number of H-pyrrole nitrogens is 1. The van der Waals surface area contributed by atoms with Crippen LogP contribution in [0.2, 0.25) is 0 Å². The van der Waals surface area contributed by atoms with Crippen molar-refractivity contribution in [2.75, 3.05) is 0 Å². The van der Waals surface area contributed by atoms with Gasteiger partial charge >= 0.3 is 0 Å². The van der Waals surface area contributed by atoms with Crippen LogP contribution in [0.5, 0.6) is 0 Å². The number of nitrogens with zero attached hydrogens (tertiary/aromatic N) is 5. The van der Waals surface area contributed by atoms with Gasteiger partial charge < -0.3 is 15.5 Å². The SMILES string of the molecule is CC(C)(C)CCC(c1ccc(C(=O)NCc2nn[nH]n2)cc1)N1C(=O)C(NCc2ccccc2)=NC12CCC(C(C)(C)C)CC2. The first-order chi connectivity index (χ1) is 21.3. The number of hydrogen-bond donors (Lipinski definition) is 3. The number of carbonyl (C=O) groups is 2. The first-order valence-electron chi connectivity index (χ1n) is 16.2. The summed E-state index contributed by atoms with van der Waals surface area (Å²) in [5.74, 6) is 1.18. The Morgan fingerprint density at radius 1 is 1.00 bits per heavy atom. The van der Waals surface area contributed by atoms with Gasteiger partial charge in [-0.05, 0) is 78.5 Å². The van der Waals surface area contributed by atoms with Crippen LogP contribution in [0.25, 0.3) is 0 Å². The molecule has 240 valence electrons. The summed E-state index contributed by atoms with van der Waals surface area (Å²) >= 11 is 0. The van der Waals surface area contributed by atoms with E-state index in [1.165, 1.54) is 0 Å². The van der Waals surface area contributed by atoms with Crippen LogP contribution in [0.15, 0.2) is 59.6 Å². The fraction of sp³-hybridized carbons (Fsp3) is 0.543. The highest BCUT2D eigenvalue weighted by Gasteiger charge is 2.52. The predicted octanol–water partition coefficient (Wildman–Crippen LogP) is 5.96. The minimum atomic E-state index is -0.596. The van der Waals surface area contributed by atoms with Gasteiger partial charge in [-0.2, -0.15) is 5.21 Å². The minimum absolute atomic E-state index is 0.0408. The average Bonchev–Trinajstić information content (AvgIpc) is 3.62. The van der Waals surface area contributed by atoms with E-state index in [2.05, 4.69) is 89.8 Å². The van der Waals surface area contributed by atoms with Gasteiger partial charge in [0.05, 0.1) is 12.6 Å². The largest absolute Gasteiger partial charge is 0.362 e. The van der Waals surface area contributed by atoms with Crippen LogP contribution in [-0.2, 0) is 17.9 Å². The Balaban J connectivity index is 1.44. The van der Waals surface area contributed by atoms with E-state index in [4.69, 9.17) is 4.99 Å². The molecule has 10 nitrogen and oxygen atoms in total. The molecule has 3 N–H and O–H groups in total. The van der Waals surface area contributed by atoms with Gasteiger partial charge in [-0.1, -0.05) is 89.2 Å². The maximum atomic E-state index is 14.4. The highest BCUT2D eigenvalue weighted by molar-refractivity contribution is 6.39. The van der Waals surface area contributed by atoms with Crippen molar-refractivity contribution >= 4 is 17.6 Å². The Morgan fingerprint density at radius 2 is 1.69 bits per heavy atom. The first kappa shape index (κ1) is 32.3. The lowest BCUT2D eigenvalue weighted by Crippen LogP contribution is -2.52. The van der Waals surface area contributed by atoms with Crippen molar-refractivity contribution in [3.05, 3.63) is 77.1 Å². The number of tetrazole rings is 1. The summed E-state index contributed by atoms with van der Waals surface area (Å²) < 4.78 is 0. The molecule has 2 aliphatic rings. The van der Waals surface area contributed by atoms with Crippen molar-refractivity contribution in [1.29, 1.82) is 0 Å². The second kappa shape index (κ2) is 13.1. The maximum Gasteiger partial charge on any atom is 0.291 e. The van der Waals surface area contributed by atoms with Gasteiger partial charge in [0.15, 0.2) is 11.7 Å². The number of aromatic nitrogens is 4. The van der Waals surface area contributed by atoms with Gasteiger partial charge in [0.1, 0.15) is 5.66 Å². The van der Waals surface area contributed by atoms with E-state index >= 15 is 0 Å². The molecule has 1 fully saturated rings. The number of amides is 2. The first-order valence-corrected chi connectivity index (χ1v) is 16.2. The molecule has 1 aromatic heterocycles. The number of hydrogen-bond acceptors (Lipinski definition) is 7. The monoisotopic (exact) mass is 612 g/mol. The molecular formula is C35H48N8O2. The van der Waals surface area contributed by atoms with Gasteiger partial charge in [-0.25, -0.2) is 4.99 Å². The molecule has 3 aromatic rings. The zero-order chi connectivity index (χ0) is 32.2. The fourth-order valence-corrected chi connectivity index (χ4v) is 6.63. The number of rotatable bonds is 9. The van der Waals surface area contributed by atoms with Crippen LogP contribution in [0, 0.1) is 16.7 Å². The second-order valence-corrected chi connectivity index (χ2v) is 14.8. The van der Waals surface area contributed by atoms with Gasteiger partial charge in [0.25, 0.3) is 11.8 Å². The van der Waals surface area contributed by atoms with E-state index in [0.29, 0.717) is 29.7 Å². The van der Waals surface area contributed by atoms with Gasteiger partial charge in [-0.3, -0.25) is 9.59 Å². The van der Waals surface area contributed by atoms with Crippen molar-refractivity contribution in [3.63, 3.8) is 0 Å². The van der Waals surface area contributed by atoms with Gasteiger partial charge in [0, 0.05) is 12.1 Å². The molecule has 1 unspecified atom stereocenters. The average molecular weight is 613 g/mol. The maximum absolute atomic E-state index is 14.4. The highest BCUT2D eigenvalue weighted by Crippen LogP contribution is 2.49. The lowest BCUT2D eigenvalue weighted by molar-refractivity contribution is -0.134. The van der Waals surface area contributed by atoms with E-state index in [0.717, 1.165) is 49.7 Å². The summed E-state index contributed by atoms with van der Waals surface area (Å²) in [5.41, 5.74) is 2.35. The van der Waals surface area contributed by atoms with E-state index in [-0.39, 0.29) is 35.2 Å². The molecule has 1 spiro atoms. The summed E-state index contributed by atoms with van der Waals surface area (Å²) in [6.45, 7) is 14.4. The number of benzene rings is 2. The van der Waals surface area contributed by atoms with E-state index in [1.54, 1.807) is 0 Å². The molecule has 2 aromatic carbocycles. The zero-order valence-corrected chi connectivity index (χ0v) is 27.6. The summed E-state index contributed by atoms with van der Waals surface area (Å²) in [5, 5.41) is 20.0. The summed E-state index contributed by atoms with van der Waals surface area (Å²) in [7, 11) is 0. The molecule has 1 saturated carbocycles. The van der Waals surface area contributed by atoms with Gasteiger partial charge in [0.2, 0.25) is 0 Å². The van der Waals surface area contributed by atoms with Crippen molar-refractivity contribution in [2.24, 2.45) is 21.7 Å². The third kappa shape index (κ3) is 7.78. The van der Waals surface area contributed by atoms with Crippen LogP contribution in [-0.4, -0.2) is 48.8 Å².